The van der Waals surface area contributed by atoms with Gasteiger partial charge < -0.3 is 9.31 Å². The molecular formula is C16H19BO2. The standard InChI is InChI=1S/C16H19BO2/c1-13(2)19-17(18-3)16-12-8-7-11-15(16)14-9-5-4-6-10-14/h4-13H,1-3H3. The molecule has 0 spiro atoms. The average Bonchev–Trinajstić information content (AvgIpc) is 2.45. The Kier molecular flexibility index (Phi) is 4.77. The van der Waals surface area contributed by atoms with E-state index < -0.39 is 0 Å². The monoisotopic (exact) mass is 254 g/mol. The first kappa shape index (κ1) is 13.8. The zero-order chi connectivity index (χ0) is 13.7. The molecule has 0 radical (unpaired) electrons. The fourth-order valence-corrected chi connectivity index (χ4v) is 2.09. The van der Waals surface area contributed by atoms with Gasteiger partial charge in [-0.05, 0) is 30.4 Å². The molecule has 0 saturated carbocycles. The van der Waals surface area contributed by atoms with Crippen LogP contribution in [0.2, 0.25) is 0 Å². The van der Waals surface area contributed by atoms with Crippen molar-refractivity contribution in [3.8, 4) is 11.1 Å². The summed E-state index contributed by atoms with van der Waals surface area (Å²) in [6.07, 6.45) is 0.119. The van der Waals surface area contributed by atoms with Gasteiger partial charge in [-0.15, -0.1) is 0 Å². The van der Waals surface area contributed by atoms with E-state index in [1.54, 1.807) is 7.11 Å². The van der Waals surface area contributed by atoms with Gasteiger partial charge in [0.2, 0.25) is 0 Å². The topological polar surface area (TPSA) is 18.5 Å². The first-order chi connectivity index (χ1) is 9.22. The molecule has 2 rings (SSSR count). The van der Waals surface area contributed by atoms with Crippen molar-refractivity contribution >= 4 is 12.6 Å². The minimum Gasteiger partial charge on any atom is -0.410 e. The Labute approximate surface area is 115 Å². The van der Waals surface area contributed by atoms with E-state index >= 15 is 0 Å². The second kappa shape index (κ2) is 6.55. The van der Waals surface area contributed by atoms with Crippen molar-refractivity contribution in [1.82, 2.24) is 0 Å². The van der Waals surface area contributed by atoms with E-state index in [0.717, 1.165) is 11.0 Å². The molecular weight excluding hydrogens is 235 g/mol. The molecule has 0 atom stereocenters. The molecule has 0 heterocycles. The van der Waals surface area contributed by atoms with E-state index in [-0.39, 0.29) is 13.2 Å². The lowest BCUT2D eigenvalue weighted by Crippen LogP contribution is -2.39. The summed E-state index contributed by atoms with van der Waals surface area (Å²) in [5, 5.41) is 0. The van der Waals surface area contributed by atoms with E-state index in [4.69, 9.17) is 9.31 Å². The van der Waals surface area contributed by atoms with Gasteiger partial charge in [0.05, 0.1) is 0 Å². The van der Waals surface area contributed by atoms with E-state index in [1.165, 1.54) is 5.56 Å². The Morgan fingerprint density at radius 1 is 0.895 bits per heavy atom. The second-order valence-corrected chi connectivity index (χ2v) is 4.71. The molecule has 0 N–H and O–H groups in total. The van der Waals surface area contributed by atoms with E-state index in [2.05, 4.69) is 24.3 Å². The molecule has 0 saturated heterocycles. The van der Waals surface area contributed by atoms with Gasteiger partial charge in [0.15, 0.2) is 0 Å². The minimum absolute atomic E-state index is 0.119. The zero-order valence-electron chi connectivity index (χ0n) is 11.7. The van der Waals surface area contributed by atoms with Crippen LogP contribution in [0.3, 0.4) is 0 Å². The summed E-state index contributed by atoms with van der Waals surface area (Å²) < 4.78 is 11.3. The molecule has 3 heteroatoms. The van der Waals surface area contributed by atoms with Crippen LogP contribution in [0, 0.1) is 0 Å². The number of rotatable bonds is 5. The van der Waals surface area contributed by atoms with Crippen LogP contribution < -0.4 is 5.46 Å². The van der Waals surface area contributed by atoms with Gasteiger partial charge in [-0.3, -0.25) is 0 Å². The lowest BCUT2D eigenvalue weighted by Gasteiger charge is -2.18. The van der Waals surface area contributed by atoms with Crippen LogP contribution in [0.25, 0.3) is 11.1 Å². The molecule has 0 aliphatic rings. The van der Waals surface area contributed by atoms with Crippen LogP contribution in [-0.4, -0.2) is 20.3 Å². The molecule has 2 aromatic carbocycles. The highest BCUT2D eigenvalue weighted by Gasteiger charge is 2.24. The number of benzene rings is 2. The highest BCUT2D eigenvalue weighted by molar-refractivity contribution is 6.63. The predicted molar refractivity (Wildman–Crippen MR) is 80.5 cm³/mol. The average molecular weight is 254 g/mol. The normalized spacial score (nSPS) is 10.7. The summed E-state index contributed by atoms with van der Waals surface area (Å²) in [5.74, 6) is 0. The highest BCUT2D eigenvalue weighted by atomic mass is 16.6. The van der Waals surface area contributed by atoms with Crippen molar-refractivity contribution in [2.75, 3.05) is 7.11 Å². The molecule has 0 unspecified atom stereocenters. The molecule has 0 aliphatic carbocycles. The van der Waals surface area contributed by atoms with Crippen LogP contribution in [0.4, 0.5) is 0 Å². The van der Waals surface area contributed by atoms with Crippen LogP contribution in [-0.2, 0) is 9.31 Å². The Bertz CT molecular complexity index is 511. The van der Waals surface area contributed by atoms with E-state index in [1.807, 2.05) is 44.2 Å². The molecule has 0 fully saturated rings. The molecule has 19 heavy (non-hydrogen) atoms. The van der Waals surface area contributed by atoms with Gasteiger partial charge in [0.1, 0.15) is 0 Å². The molecule has 2 nitrogen and oxygen atoms in total. The predicted octanol–water partition coefficient (Wildman–Crippen LogP) is 3.12. The van der Waals surface area contributed by atoms with Crippen LogP contribution >= 0.6 is 0 Å². The smallest absolute Gasteiger partial charge is 0.410 e. The minimum atomic E-state index is -0.337. The Hall–Kier alpha value is -1.58. The van der Waals surface area contributed by atoms with Gasteiger partial charge in [0, 0.05) is 13.2 Å². The fourth-order valence-electron chi connectivity index (χ4n) is 2.09. The van der Waals surface area contributed by atoms with Gasteiger partial charge in [-0.25, -0.2) is 0 Å². The third kappa shape index (κ3) is 3.46. The number of hydrogen-bond donors (Lipinski definition) is 0. The SMILES string of the molecule is COB(OC(C)C)c1ccccc1-c1ccccc1. The first-order valence-electron chi connectivity index (χ1n) is 6.55. The fraction of sp³-hybridized carbons (Fsp3) is 0.250. The molecule has 0 aliphatic heterocycles. The maximum absolute atomic E-state index is 5.83. The van der Waals surface area contributed by atoms with E-state index in [0.29, 0.717) is 0 Å². The molecule has 2 aromatic rings. The van der Waals surface area contributed by atoms with Gasteiger partial charge in [0.25, 0.3) is 0 Å². The van der Waals surface area contributed by atoms with Crippen molar-refractivity contribution in [1.29, 1.82) is 0 Å². The summed E-state index contributed by atoms with van der Waals surface area (Å²) in [6, 6.07) is 18.5. The second-order valence-electron chi connectivity index (χ2n) is 4.71. The van der Waals surface area contributed by atoms with Crippen molar-refractivity contribution < 1.29 is 9.31 Å². The summed E-state index contributed by atoms with van der Waals surface area (Å²) in [7, 11) is 1.34. The largest absolute Gasteiger partial charge is 0.494 e. The van der Waals surface area contributed by atoms with Gasteiger partial charge in [-0.1, -0.05) is 54.6 Å². The molecule has 0 amide bonds. The lowest BCUT2D eigenvalue weighted by molar-refractivity contribution is 0.188. The molecule has 98 valence electrons. The Balaban J connectivity index is 2.40. The van der Waals surface area contributed by atoms with Crippen molar-refractivity contribution in [3.05, 3.63) is 54.6 Å². The molecule has 0 aromatic heterocycles. The van der Waals surface area contributed by atoms with Crippen LogP contribution in [0.1, 0.15) is 13.8 Å². The van der Waals surface area contributed by atoms with Gasteiger partial charge in [-0.2, -0.15) is 0 Å². The third-order valence-corrected chi connectivity index (χ3v) is 2.91. The summed E-state index contributed by atoms with van der Waals surface area (Å²) in [4.78, 5) is 0. The van der Waals surface area contributed by atoms with Crippen LogP contribution in [0.5, 0.6) is 0 Å². The van der Waals surface area contributed by atoms with Gasteiger partial charge >= 0.3 is 7.12 Å². The summed E-state index contributed by atoms with van der Waals surface area (Å²) in [5.41, 5.74) is 3.38. The highest BCUT2D eigenvalue weighted by Crippen LogP contribution is 2.17. The van der Waals surface area contributed by atoms with Crippen molar-refractivity contribution in [3.63, 3.8) is 0 Å². The van der Waals surface area contributed by atoms with E-state index in [9.17, 15) is 0 Å². The summed E-state index contributed by atoms with van der Waals surface area (Å²) in [6.45, 7) is 4.02. The first-order valence-corrected chi connectivity index (χ1v) is 6.55. The zero-order valence-corrected chi connectivity index (χ0v) is 11.7. The summed E-state index contributed by atoms with van der Waals surface area (Å²) >= 11 is 0. The maximum Gasteiger partial charge on any atom is 0.494 e. The van der Waals surface area contributed by atoms with Crippen molar-refractivity contribution in [2.24, 2.45) is 0 Å². The molecule has 0 bridgehead atoms. The quantitative estimate of drug-likeness (QED) is 0.763. The lowest BCUT2D eigenvalue weighted by atomic mass is 9.74. The maximum atomic E-state index is 5.83. The van der Waals surface area contributed by atoms with Crippen molar-refractivity contribution in [2.45, 2.75) is 20.0 Å². The number of hydrogen-bond acceptors (Lipinski definition) is 2. The Morgan fingerprint density at radius 3 is 2.16 bits per heavy atom. The Morgan fingerprint density at radius 2 is 1.53 bits per heavy atom. The van der Waals surface area contributed by atoms with Crippen LogP contribution in [0.15, 0.2) is 54.6 Å². The third-order valence-electron chi connectivity index (χ3n) is 2.91.